The summed E-state index contributed by atoms with van der Waals surface area (Å²) in [5, 5.41) is 22.2. The van der Waals surface area contributed by atoms with Gasteiger partial charge in [-0.05, 0) is 13.3 Å². The van der Waals surface area contributed by atoms with Crippen LogP contribution in [0.4, 0.5) is 10.6 Å². The molecule has 1 aromatic heterocycles. The molecule has 4 atom stereocenters. The van der Waals surface area contributed by atoms with Crippen LogP contribution in [-0.4, -0.2) is 74.7 Å². The summed E-state index contributed by atoms with van der Waals surface area (Å²) < 4.78 is 11.4. The molecule has 2 unspecified atom stereocenters. The number of hydrogen-bond acceptors (Lipinski definition) is 8. The van der Waals surface area contributed by atoms with Gasteiger partial charge in [-0.1, -0.05) is 5.92 Å². The topological polar surface area (TPSA) is 143 Å². The van der Waals surface area contributed by atoms with Crippen molar-refractivity contribution in [1.29, 1.82) is 0 Å². The van der Waals surface area contributed by atoms with E-state index in [1.807, 2.05) is 0 Å². The highest BCUT2D eigenvalue weighted by Crippen LogP contribution is 2.28. The van der Waals surface area contributed by atoms with Gasteiger partial charge in [0.1, 0.15) is 18.8 Å². The first-order valence-electron chi connectivity index (χ1n) is 9.14. The van der Waals surface area contributed by atoms with Gasteiger partial charge in [-0.25, -0.2) is 9.59 Å². The maximum Gasteiger partial charge on any atom is 0.412 e. The molecule has 0 saturated carbocycles. The highest BCUT2D eigenvalue weighted by atomic mass is 16.6. The third-order valence-electron chi connectivity index (χ3n) is 4.84. The van der Waals surface area contributed by atoms with Gasteiger partial charge < -0.3 is 24.6 Å². The van der Waals surface area contributed by atoms with Crippen LogP contribution in [0.2, 0.25) is 0 Å². The largest absolute Gasteiger partial charge is 0.447 e. The normalized spacial score (nSPS) is 26.4. The Balaban J connectivity index is 1.66. The van der Waals surface area contributed by atoms with E-state index in [9.17, 15) is 24.6 Å². The Kier molecular flexibility index (Phi) is 6.17. The molecule has 1 aromatic rings. The number of anilines is 1. The molecule has 2 aliphatic rings. The summed E-state index contributed by atoms with van der Waals surface area (Å²) in [5.41, 5.74) is -0.784. The second-order valence-corrected chi connectivity index (χ2v) is 6.80. The van der Waals surface area contributed by atoms with Gasteiger partial charge in [0.15, 0.2) is 12.0 Å². The van der Waals surface area contributed by atoms with Crippen LogP contribution in [-0.2, 0) is 14.3 Å². The number of aliphatic hydroxyl groups excluding tert-OH is 2. The summed E-state index contributed by atoms with van der Waals surface area (Å²) in [7, 11) is 0. The Bertz CT molecular complexity index is 893. The van der Waals surface area contributed by atoms with Crippen LogP contribution in [0.5, 0.6) is 0 Å². The van der Waals surface area contributed by atoms with Gasteiger partial charge in [-0.15, -0.1) is 6.42 Å². The molecule has 2 fully saturated rings. The number of amides is 2. The minimum atomic E-state index is -1.34. The molecule has 2 aliphatic heterocycles. The summed E-state index contributed by atoms with van der Waals surface area (Å²) in [6.07, 6.45) is 2.68. The minimum absolute atomic E-state index is 0.0160. The fraction of sp³-hybridized carbons (Fsp3) is 0.556. The van der Waals surface area contributed by atoms with Crippen molar-refractivity contribution in [3.8, 4) is 12.3 Å². The average molecular weight is 406 g/mol. The van der Waals surface area contributed by atoms with E-state index < -0.39 is 36.3 Å². The lowest BCUT2D eigenvalue weighted by molar-refractivity contribution is -0.128. The Labute approximate surface area is 166 Å². The predicted molar refractivity (Wildman–Crippen MR) is 98.8 cm³/mol. The molecule has 2 saturated heterocycles. The fourth-order valence-corrected chi connectivity index (χ4v) is 3.23. The lowest BCUT2D eigenvalue weighted by atomic mass is 10.1. The Hall–Kier alpha value is -2.94. The summed E-state index contributed by atoms with van der Waals surface area (Å²) in [5.74, 6) is 2.13. The SMILES string of the molecule is C#Cc1cn([C@@H]2O[C@H](C)C(O)C2O)c(=O)nc1NC(=O)OCCN1CCCC1=O. The summed E-state index contributed by atoms with van der Waals surface area (Å²) >= 11 is 0. The molecule has 11 heteroatoms. The summed E-state index contributed by atoms with van der Waals surface area (Å²) in [6.45, 7) is 2.45. The van der Waals surface area contributed by atoms with Gasteiger partial charge in [0, 0.05) is 19.2 Å². The van der Waals surface area contributed by atoms with Crippen molar-refractivity contribution in [2.45, 2.75) is 44.3 Å². The van der Waals surface area contributed by atoms with E-state index in [-0.39, 0.29) is 30.4 Å². The van der Waals surface area contributed by atoms with E-state index in [0.29, 0.717) is 13.0 Å². The number of aromatic nitrogens is 2. The van der Waals surface area contributed by atoms with Crippen LogP contribution in [0.1, 0.15) is 31.6 Å². The molecule has 0 spiro atoms. The quantitative estimate of drug-likeness (QED) is 0.530. The van der Waals surface area contributed by atoms with Gasteiger partial charge in [-0.3, -0.25) is 14.7 Å². The number of carbonyl (C=O) groups is 2. The number of carbonyl (C=O) groups excluding carboxylic acids is 2. The third kappa shape index (κ3) is 4.40. The van der Waals surface area contributed by atoms with Crippen molar-refractivity contribution < 1.29 is 29.3 Å². The summed E-state index contributed by atoms with van der Waals surface area (Å²) in [6, 6.07) is 0. The van der Waals surface area contributed by atoms with Crippen LogP contribution >= 0.6 is 0 Å². The van der Waals surface area contributed by atoms with Crippen molar-refractivity contribution in [3.05, 3.63) is 22.2 Å². The van der Waals surface area contributed by atoms with Crippen LogP contribution in [0, 0.1) is 12.3 Å². The molecule has 0 aliphatic carbocycles. The zero-order valence-electron chi connectivity index (χ0n) is 15.8. The number of terminal acetylenes is 1. The van der Waals surface area contributed by atoms with Gasteiger partial charge in [0.2, 0.25) is 5.91 Å². The van der Waals surface area contributed by atoms with Crippen LogP contribution in [0.25, 0.3) is 0 Å². The molecule has 29 heavy (non-hydrogen) atoms. The molecule has 0 bridgehead atoms. The number of hydrogen-bond donors (Lipinski definition) is 3. The van der Waals surface area contributed by atoms with E-state index in [0.717, 1.165) is 11.0 Å². The highest BCUT2D eigenvalue weighted by Gasteiger charge is 2.42. The van der Waals surface area contributed by atoms with E-state index in [1.165, 1.54) is 6.20 Å². The monoisotopic (exact) mass is 406 g/mol. The standard InChI is InChI=1S/C18H22N4O7/c1-3-11-9-22(16-14(25)13(24)10(2)29-16)17(26)19-15(11)20-18(27)28-8-7-21-6-4-5-12(21)23/h1,9-10,13-14,16,24-25H,4-8H2,2H3,(H,19,20,26,27)/t10-,13?,14?,16-/m1/s1. The molecule has 11 nitrogen and oxygen atoms in total. The maximum atomic E-state index is 12.3. The van der Waals surface area contributed by atoms with Crippen molar-refractivity contribution in [1.82, 2.24) is 14.5 Å². The molecular weight excluding hydrogens is 384 g/mol. The first-order chi connectivity index (χ1) is 13.8. The zero-order chi connectivity index (χ0) is 21.1. The van der Waals surface area contributed by atoms with E-state index in [1.54, 1.807) is 11.8 Å². The minimum Gasteiger partial charge on any atom is -0.447 e. The van der Waals surface area contributed by atoms with Crippen LogP contribution in [0.15, 0.2) is 11.0 Å². The molecular formula is C18H22N4O7. The smallest absolute Gasteiger partial charge is 0.412 e. The number of rotatable bonds is 5. The molecule has 0 aromatic carbocycles. The predicted octanol–water partition coefficient (Wildman–Crippen LogP) is -0.965. The Morgan fingerprint density at radius 1 is 1.45 bits per heavy atom. The number of nitrogens with one attached hydrogen (secondary N) is 1. The first kappa shape index (κ1) is 20.8. The van der Waals surface area contributed by atoms with E-state index >= 15 is 0 Å². The maximum absolute atomic E-state index is 12.3. The molecule has 156 valence electrons. The molecule has 2 amide bonds. The van der Waals surface area contributed by atoms with Gasteiger partial charge >= 0.3 is 11.8 Å². The van der Waals surface area contributed by atoms with Crippen molar-refractivity contribution in [3.63, 3.8) is 0 Å². The lowest BCUT2D eigenvalue weighted by Gasteiger charge is -2.18. The van der Waals surface area contributed by atoms with Crippen LogP contribution < -0.4 is 11.0 Å². The molecule has 3 N–H and O–H groups in total. The molecule has 3 rings (SSSR count). The second-order valence-electron chi connectivity index (χ2n) is 6.80. The molecule has 0 radical (unpaired) electrons. The Morgan fingerprint density at radius 2 is 2.21 bits per heavy atom. The first-order valence-corrected chi connectivity index (χ1v) is 9.14. The number of aliphatic hydroxyl groups is 2. The Morgan fingerprint density at radius 3 is 2.79 bits per heavy atom. The lowest BCUT2D eigenvalue weighted by Crippen LogP contribution is -2.36. The van der Waals surface area contributed by atoms with Crippen molar-refractivity contribution in [2.75, 3.05) is 25.0 Å². The van der Waals surface area contributed by atoms with E-state index in [4.69, 9.17) is 15.9 Å². The summed E-state index contributed by atoms with van der Waals surface area (Å²) in [4.78, 5) is 41.2. The number of likely N-dealkylation sites (tertiary alicyclic amines) is 1. The highest BCUT2D eigenvalue weighted by molar-refractivity contribution is 5.85. The van der Waals surface area contributed by atoms with Crippen molar-refractivity contribution >= 4 is 17.8 Å². The van der Waals surface area contributed by atoms with Gasteiger partial charge in [0.05, 0.1) is 18.2 Å². The third-order valence-corrected chi connectivity index (χ3v) is 4.84. The second kappa shape index (κ2) is 8.60. The van der Waals surface area contributed by atoms with Crippen molar-refractivity contribution in [2.24, 2.45) is 0 Å². The average Bonchev–Trinajstić information content (AvgIpc) is 3.20. The van der Waals surface area contributed by atoms with E-state index in [2.05, 4.69) is 16.2 Å². The fourth-order valence-electron chi connectivity index (χ4n) is 3.23. The number of nitrogens with zero attached hydrogens (tertiary/aromatic N) is 3. The molecule has 3 heterocycles. The number of ether oxygens (including phenoxy) is 2. The van der Waals surface area contributed by atoms with Crippen LogP contribution in [0.3, 0.4) is 0 Å². The van der Waals surface area contributed by atoms with Gasteiger partial charge in [0.25, 0.3) is 0 Å². The zero-order valence-corrected chi connectivity index (χ0v) is 15.8. The van der Waals surface area contributed by atoms with Gasteiger partial charge in [-0.2, -0.15) is 4.98 Å².